The highest BCUT2D eigenvalue weighted by Gasteiger charge is 2.18. The largest absolute Gasteiger partial charge is 0.497 e. The summed E-state index contributed by atoms with van der Waals surface area (Å²) in [5, 5.41) is 0. The molecule has 1 aliphatic carbocycles. The zero-order valence-electron chi connectivity index (χ0n) is 12.0. The molecule has 1 aliphatic rings. The zero-order valence-corrected chi connectivity index (χ0v) is 12.0. The Labute approximate surface area is 122 Å². The Morgan fingerprint density at radius 3 is 2.86 bits per heavy atom. The molecule has 110 valence electrons. The standard InChI is InChI=1S/C16H18N2O3/c1-21-12-6-4-5-11(9-12)10-18-14-8-3-2-7-13(14)15(19)17-16(18)20/h4-6,9H,2-3,7-8,10H2,1H3,(H,17,19,20). The van der Waals surface area contributed by atoms with Gasteiger partial charge in [0.1, 0.15) is 5.75 Å². The summed E-state index contributed by atoms with van der Waals surface area (Å²) < 4.78 is 6.89. The number of nitrogens with one attached hydrogen (secondary N) is 1. The molecule has 0 atom stereocenters. The van der Waals surface area contributed by atoms with Gasteiger partial charge in [-0.25, -0.2) is 4.79 Å². The minimum Gasteiger partial charge on any atom is -0.497 e. The van der Waals surface area contributed by atoms with Crippen LogP contribution in [-0.4, -0.2) is 16.7 Å². The maximum absolute atomic E-state index is 12.1. The number of nitrogens with zero attached hydrogens (tertiary/aromatic N) is 1. The Kier molecular flexibility index (Phi) is 3.64. The van der Waals surface area contributed by atoms with Gasteiger partial charge in [0.2, 0.25) is 0 Å². The number of benzene rings is 1. The summed E-state index contributed by atoms with van der Waals surface area (Å²) in [4.78, 5) is 26.5. The van der Waals surface area contributed by atoms with Crippen LogP contribution >= 0.6 is 0 Å². The van der Waals surface area contributed by atoms with Crippen molar-refractivity contribution in [2.24, 2.45) is 0 Å². The first kappa shape index (κ1) is 13.7. The summed E-state index contributed by atoms with van der Waals surface area (Å²) in [5.41, 5.74) is 2.08. The fourth-order valence-corrected chi connectivity index (χ4v) is 2.92. The molecule has 3 rings (SSSR count). The van der Waals surface area contributed by atoms with Crippen LogP contribution in [0.5, 0.6) is 5.75 Å². The third kappa shape index (κ3) is 2.63. The lowest BCUT2D eigenvalue weighted by molar-refractivity contribution is 0.414. The minimum atomic E-state index is -0.330. The summed E-state index contributed by atoms with van der Waals surface area (Å²) in [6.45, 7) is 0.454. The van der Waals surface area contributed by atoms with Gasteiger partial charge < -0.3 is 4.74 Å². The van der Waals surface area contributed by atoms with Crippen LogP contribution in [0, 0.1) is 0 Å². The first-order valence-electron chi connectivity index (χ1n) is 7.17. The number of hydrogen-bond acceptors (Lipinski definition) is 3. The van der Waals surface area contributed by atoms with Crippen molar-refractivity contribution < 1.29 is 4.74 Å². The normalized spacial score (nSPS) is 13.8. The molecule has 1 aromatic heterocycles. The molecule has 1 N–H and O–H groups in total. The van der Waals surface area contributed by atoms with Crippen LogP contribution in [0.3, 0.4) is 0 Å². The van der Waals surface area contributed by atoms with Gasteiger partial charge in [0.05, 0.1) is 13.7 Å². The lowest BCUT2D eigenvalue weighted by Gasteiger charge is -2.20. The number of rotatable bonds is 3. The first-order valence-corrected chi connectivity index (χ1v) is 7.17. The topological polar surface area (TPSA) is 64.1 Å². The molecule has 0 saturated carbocycles. The average molecular weight is 286 g/mol. The Hall–Kier alpha value is -2.30. The fraction of sp³-hybridized carbons (Fsp3) is 0.375. The van der Waals surface area contributed by atoms with Gasteiger partial charge in [0.25, 0.3) is 5.56 Å². The number of H-pyrrole nitrogens is 1. The van der Waals surface area contributed by atoms with E-state index in [1.54, 1.807) is 11.7 Å². The molecule has 0 amide bonds. The molecule has 1 heterocycles. The predicted octanol–water partition coefficient (Wildman–Crippen LogP) is 1.47. The summed E-state index contributed by atoms with van der Waals surface area (Å²) in [6.07, 6.45) is 3.57. The van der Waals surface area contributed by atoms with Gasteiger partial charge in [0, 0.05) is 11.3 Å². The van der Waals surface area contributed by atoms with Gasteiger partial charge in [-0.1, -0.05) is 12.1 Å². The average Bonchev–Trinajstić information content (AvgIpc) is 2.51. The van der Waals surface area contributed by atoms with E-state index < -0.39 is 0 Å². The summed E-state index contributed by atoms with van der Waals surface area (Å²) in [6, 6.07) is 7.63. The monoisotopic (exact) mass is 286 g/mol. The SMILES string of the molecule is COc1cccc(Cn2c3c(c(=O)[nH]c2=O)CCCC3)c1. The molecule has 21 heavy (non-hydrogen) atoms. The molecule has 0 unspecified atom stereocenters. The third-order valence-electron chi connectivity index (χ3n) is 3.98. The van der Waals surface area contributed by atoms with E-state index in [2.05, 4.69) is 4.98 Å². The van der Waals surface area contributed by atoms with Crippen molar-refractivity contribution in [1.82, 2.24) is 9.55 Å². The number of aromatic amines is 1. The molecule has 5 nitrogen and oxygen atoms in total. The van der Waals surface area contributed by atoms with Crippen molar-refractivity contribution in [3.8, 4) is 5.75 Å². The summed E-state index contributed by atoms with van der Waals surface area (Å²) in [5.74, 6) is 0.763. The second-order valence-corrected chi connectivity index (χ2v) is 5.33. The van der Waals surface area contributed by atoms with Gasteiger partial charge in [-0.15, -0.1) is 0 Å². The number of methoxy groups -OCH3 is 1. The molecule has 0 radical (unpaired) electrons. The highest BCUT2D eigenvalue weighted by molar-refractivity contribution is 5.29. The maximum Gasteiger partial charge on any atom is 0.328 e. The molecule has 0 aliphatic heterocycles. The van der Waals surface area contributed by atoms with E-state index in [1.807, 2.05) is 24.3 Å². The molecule has 0 spiro atoms. The smallest absolute Gasteiger partial charge is 0.328 e. The molecular weight excluding hydrogens is 268 g/mol. The van der Waals surface area contributed by atoms with Gasteiger partial charge in [-0.3, -0.25) is 14.3 Å². The summed E-state index contributed by atoms with van der Waals surface area (Å²) >= 11 is 0. The molecule has 0 bridgehead atoms. The van der Waals surface area contributed by atoms with Crippen LogP contribution in [0.15, 0.2) is 33.9 Å². The Morgan fingerprint density at radius 1 is 1.24 bits per heavy atom. The molecule has 2 aromatic rings. The van der Waals surface area contributed by atoms with Crippen LogP contribution in [0.1, 0.15) is 29.7 Å². The number of aromatic nitrogens is 2. The van der Waals surface area contributed by atoms with Crippen LogP contribution in [0.4, 0.5) is 0 Å². The zero-order chi connectivity index (χ0) is 14.8. The van der Waals surface area contributed by atoms with Crippen molar-refractivity contribution in [3.05, 3.63) is 61.9 Å². The lowest BCUT2D eigenvalue weighted by atomic mass is 9.96. The second-order valence-electron chi connectivity index (χ2n) is 5.33. The Balaban J connectivity index is 2.06. The van der Waals surface area contributed by atoms with Crippen molar-refractivity contribution in [3.63, 3.8) is 0 Å². The Morgan fingerprint density at radius 2 is 2.05 bits per heavy atom. The van der Waals surface area contributed by atoms with Crippen molar-refractivity contribution in [1.29, 1.82) is 0 Å². The van der Waals surface area contributed by atoms with E-state index in [0.29, 0.717) is 6.54 Å². The quantitative estimate of drug-likeness (QED) is 0.929. The molecular formula is C16H18N2O3. The highest BCUT2D eigenvalue weighted by Crippen LogP contribution is 2.18. The van der Waals surface area contributed by atoms with E-state index in [-0.39, 0.29) is 11.2 Å². The maximum atomic E-state index is 12.1. The van der Waals surface area contributed by atoms with E-state index in [9.17, 15) is 9.59 Å². The van der Waals surface area contributed by atoms with Gasteiger partial charge >= 0.3 is 5.69 Å². The van der Waals surface area contributed by atoms with Gasteiger partial charge in [-0.2, -0.15) is 0 Å². The van der Waals surface area contributed by atoms with Crippen LogP contribution < -0.4 is 16.0 Å². The van der Waals surface area contributed by atoms with Gasteiger partial charge in [0.15, 0.2) is 0 Å². The van der Waals surface area contributed by atoms with Crippen LogP contribution in [0.2, 0.25) is 0 Å². The highest BCUT2D eigenvalue weighted by atomic mass is 16.5. The van der Waals surface area contributed by atoms with E-state index in [1.165, 1.54) is 0 Å². The molecule has 1 aromatic carbocycles. The van der Waals surface area contributed by atoms with Gasteiger partial charge in [-0.05, 0) is 43.4 Å². The molecule has 0 fully saturated rings. The first-order chi connectivity index (χ1) is 10.2. The van der Waals surface area contributed by atoms with Crippen molar-refractivity contribution in [2.75, 3.05) is 7.11 Å². The van der Waals surface area contributed by atoms with Crippen LogP contribution in [0.25, 0.3) is 0 Å². The predicted molar refractivity (Wildman–Crippen MR) is 80.1 cm³/mol. The Bertz CT molecular complexity index is 774. The number of fused-ring (bicyclic) bond motifs is 1. The van der Waals surface area contributed by atoms with Crippen molar-refractivity contribution in [2.45, 2.75) is 32.2 Å². The van der Waals surface area contributed by atoms with E-state index >= 15 is 0 Å². The fourth-order valence-electron chi connectivity index (χ4n) is 2.92. The number of hydrogen-bond donors (Lipinski definition) is 1. The lowest BCUT2D eigenvalue weighted by Crippen LogP contribution is -2.37. The number of ether oxygens (including phenoxy) is 1. The van der Waals surface area contributed by atoms with E-state index in [4.69, 9.17) is 4.74 Å². The summed E-state index contributed by atoms with van der Waals surface area (Å²) in [7, 11) is 1.62. The third-order valence-corrected chi connectivity index (χ3v) is 3.98. The van der Waals surface area contributed by atoms with Crippen molar-refractivity contribution >= 4 is 0 Å². The minimum absolute atomic E-state index is 0.225. The van der Waals surface area contributed by atoms with E-state index in [0.717, 1.165) is 48.3 Å². The second kappa shape index (κ2) is 5.60. The van der Waals surface area contributed by atoms with Crippen LogP contribution in [-0.2, 0) is 19.4 Å². The molecule has 0 saturated heterocycles. The molecule has 5 heteroatoms.